The number of halogens is 5. The first kappa shape index (κ1) is 30.5. The maximum atomic E-state index is 10.7. The molecule has 0 bridgehead atoms. The summed E-state index contributed by atoms with van der Waals surface area (Å²) in [5, 5.41) is 0. The van der Waals surface area contributed by atoms with E-state index in [9.17, 15) is 13.2 Å². The van der Waals surface area contributed by atoms with Crippen molar-refractivity contribution in [3.8, 4) is 0 Å². The average molecular weight is 599 g/mol. The van der Waals surface area contributed by atoms with Gasteiger partial charge in [-0.2, -0.15) is 13.2 Å². The summed E-state index contributed by atoms with van der Waals surface area (Å²) >= 11 is 6.64. The van der Waals surface area contributed by atoms with Gasteiger partial charge in [0.15, 0.2) is 10.1 Å². The Kier molecular flexibility index (Phi) is 18.0. The van der Waals surface area contributed by atoms with Crippen molar-refractivity contribution in [2.24, 2.45) is 0 Å². The Balaban J connectivity index is -0.000000289. The van der Waals surface area contributed by atoms with Gasteiger partial charge in [0, 0.05) is 0 Å². The van der Waals surface area contributed by atoms with Gasteiger partial charge in [-0.15, -0.1) is 0 Å². The van der Waals surface area contributed by atoms with Crippen LogP contribution < -0.4 is 0 Å². The molecule has 1 aliphatic rings. The van der Waals surface area contributed by atoms with Gasteiger partial charge in [-0.05, 0) is 29.6 Å². The molecular weight excluding hydrogens is 578 g/mol. The molecular formula is C15H21Br2F3O3RuS+. The Morgan fingerprint density at radius 3 is 1.04 bits per heavy atom. The van der Waals surface area contributed by atoms with E-state index >= 15 is 0 Å². The van der Waals surface area contributed by atoms with Crippen LogP contribution in [0.3, 0.4) is 0 Å². The van der Waals surface area contributed by atoms with Gasteiger partial charge in [0.2, 0.25) is 0 Å². The van der Waals surface area contributed by atoms with E-state index in [1.54, 1.807) is 12.2 Å². The van der Waals surface area contributed by atoms with Gasteiger partial charge < -0.3 is 4.55 Å². The third-order valence-corrected chi connectivity index (χ3v) is 3.83. The molecule has 0 spiro atoms. The summed E-state index contributed by atoms with van der Waals surface area (Å²) in [5.74, 6) is 7.34. The van der Waals surface area contributed by atoms with Crippen molar-refractivity contribution in [2.45, 2.75) is 40.1 Å². The van der Waals surface area contributed by atoms with E-state index < -0.39 is 15.6 Å². The zero-order chi connectivity index (χ0) is 21.0. The van der Waals surface area contributed by atoms with E-state index in [1.807, 2.05) is 0 Å². The second kappa shape index (κ2) is 14.8. The summed E-state index contributed by atoms with van der Waals surface area (Å²) < 4.78 is 58.9. The molecule has 0 aromatic heterocycles. The third kappa shape index (κ3) is 13.6. The first-order valence-electron chi connectivity index (χ1n) is 6.44. The number of hydrogen-bond donors (Lipinski definition) is 0. The van der Waals surface area contributed by atoms with Crippen LogP contribution in [0, 0.1) is 29.6 Å². The van der Waals surface area contributed by atoms with E-state index in [0.29, 0.717) is 13.2 Å². The average Bonchev–Trinajstić information content (AvgIpc) is 2.65. The zero-order valence-electron chi connectivity index (χ0n) is 14.4. The summed E-state index contributed by atoms with van der Waals surface area (Å²) in [6.07, 6.45) is 3.28. The molecule has 5 radical (unpaired) electrons. The van der Waals surface area contributed by atoms with E-state index in [0.717, 1.165) is 0 Å². The summed E-state index contributed by atoms with van der Waals surface area (Å²) in [5.41, 5.74) is -5.65. The van der Waals surface area contributed by atoms with E-state index in [1.165, 1.54) is 29.6 Å². The van der Waals surface area contributed by atoms with Crippen LogP contribution in [-0.4, -0.2) is 18.5 Å². The number of allylic oxidation sites excluding steroid dienone is 2. The van der Waals surface area contributed by atoms with Crippen molar-refractivity contribution >= 4 is 37.4 Å². The van der Waals surface area contributed by atoms with Crippen LogP contribution in [0.15, 0.2) is 25.3 Å². The van der Waals surface area contributed by atoms with Crippen LogP contribution in [0.1, 0.15) is 34.6 Å². The molecule has 1 rings (SSSR count). The van der Waals surface area contributed by atoms with Crippen molar-refractivity contribution in [3.63, 3.8) is 0 Å². The van der Waals surface area contributed by atoms with Crippen molar-refractivity contribution in [2.75, 3.05) is 0 Å². The number of hydrogen-bond acceptors (Lipinski definition) is 3. The molecule has 0 saturated heterocycles. The molecule has 0 aromatic carbocycles. The zero-order valence-corrected chi connectivity index (χ0v) is 20.2. The van der Waals surface area contributed by atoms with Crippen LogP contribution in [0.5, 0.6) is 0 Å². The molecule has 1 aliphatic carbocycles. The summed E-state index contributed by atoms with van der Waals surface area (Å²) in [6.45, 7) is 17.7. The Bertz CT molecular complexity index is 422. The topological polar surface area (TPSA) is 57.2 Å². The molecule has 0 N–H and O–H groups in total. The van der Waals surface area contributed by atoms with Crippen molar-refractivity contribution < 1.29 is 39.3 Å². The second-order valence-electron chi connectivity index (χ2n) is 4.55. The van der Waals surface area contributed by atoms with Gasteiger partial charge in [0.1, 0.15) is 0 Å². The first-order chi connectivity index (χ1) is 11.1. The fraction of sp³-hybridized carbons (Fsp3) is 0.400. The monoisotopic (exact) mass is 598 g/mol. The Hall–Kier alpha value is 0.763. The van der Waals surface area contributed by atoms with Crippen molar-refractivity contribution in [1.82, 2.24) is 0 Å². The minimum absolute atomic E-state index is 0.335. The van der Waals surface area contributed by atoms with Crippen LogP contribution in [0.25, 0.3) is 0 Å². The van der Waals surface area contributed by atoms with Gasteiger partial charge in [0.05, 0.1) is 0 Å². The Labute approximate surface area is 171 Å². The molecule has 147 valence electrons. The third-order valence-electron chi connectivity index (χ3n) is 3.26. The fourth-order valence-corrected chi connectivity index (χ4v) is 1.41. The van der Waals surface area contributed by atoms with Gasteiger partial charge in [-0.25, -0.2) is 8.42 Å². The molecule has 3 nitrogen and oxygen atoms in total. The van der Waals surface area contributed by atoms with E-state index in [2.05, 4.69) is 75.0 Å². The molecule has 1 fully saturated rings. The Morgan fingerprint density at radius 2 is 1.00 bits per heavy atom. The van der Waals surface area contributed by atoms with Crippen LogP contribution in [0.2, 0.25) is 0 Å². The molecule has 0 unspecified atom stereocenters. The van der Waals surface area contributed by atoms with Crippen molar-refractivity contribution in [3.05, 3.63) is 54.9 Å². The van der Waals surface area contributed by atoms with Gasteiger partial charge >= 0.3 is 46.0 Å². The van der Waals surface area contributed by atoms with Crippen LogP contribution in [-0.2, 0) is 23.3 Å². The van der Waals surface area contributed by atoms with Crippen molar-refractivity contribution in [1.29, 1.82) is 0 Å². The molecule has 0 heterocycles. The maximum absolute atomic E-state index is 10.7. The predicted octanol–water partition coefficient (Wildman–Crippen LogP) is 6.07. The number of rotatable bonds is 1. The molecule has 10 heteroatoms. The molecule has 1 saturated carbocycles. The van der Waals surface area contributed by atoms with Crippen LogP contribution >= 0.6 is 27.2 Å². The normalized spacial score (nSPS) is 17.4. The Morgan fingerprint density at radius 1 is 0.880 bits per heavy atom. The van der Waals surface area contributed by atoms with E-state index in [-0.39, 0.29) is 0 Å². The van der Waals surface area contributed by atoms with Gasteiger partial charge in [-0.3, -0.25) is 0 Å². The standard InChI is InChI=1S/C10H15.C4H6.CHF3O3S.2BrH.Ru/c1-6-7(2)9(4)10(5)8(6)3;1-3-4-2;2-1(3,4)8(5,6)7;;;/h1-5H3;3-4H,1-2H2;(H,5,6,7);2*1H;/q;;;;;+4/p-3. The SMILES string of the molecule is C=CC=C.C[C]1[C](C)[C](C)[C](C)[C]1C.O=S(=O)([O-])C(F)(F)F.[Br][Ru+2][Br]. The summed E-state index contributed by atoms with van der Waals surface area (Å²) in [4.78, 5) is 0. The summed E-state index contributed by atoms with van der Waals surface area (Å²) in [6, 6.07) is 0. The molecule has 0 aliphatic heterocycles. The quantitative estimate of drug-likeness (QED) is 0.159. The predicted molar refractivity (Wildman–Crippen MR) is 98.6 cm³/mol. The first-order valence-corrected chi connectivity index (χ1v) is 15.8. The fourth-order valence-electron chi connectivity index (χ4n) is 1.41. The minimum atomic E-state index is -6.09. The van der Waals surface area contributed by atoms with Gasteiger partial charge in [-0.1, -0.05) is 59.9 Å². The van der Waals surface area contributed by atoms with Crippen LogP contribution in [0.4, 0.5) is 13.2 Å². The second-order valence-corrected chi connectivity index (χ2v) is 13.9. The molecule has 0 amide bonds. The number of alkyl halides is 3. The summed E-state index contributed by atoms with van der Waals surface area (Å²) in [7, 11) is -6.09. The molecule has 0 aromatic rings. The van der Waals surface area contributed by atoms with Gasteiger partial charge in [0.25, 0.3) is 0 Å². The molecule has 0 atom stereocenters. The van der Waals surface area contributed by atoms with E-state index in [4.69, 9.17) is 13.0 Å². The molecule has 25 heavy (non-hydrogen) atoms.